The summed E-state index contributed by atoms with van der Waals surface area (Å²) < 4.78 is 10.5. The van der Waals surface area contributed by atoms with Crippen LogP contribution in [-0.4, -0.2) is 37.1 Å². The van der Waals surface area contributed by atoms with E-state index in [4.69, 9.17) is 9.47 Å². The van der Waals surface area contributed by atoms with E-state index in [0.29, 0.717) is 11.3 Å². The standard InChI is InChI=1S/C20H16BrN3O7/c1-30-18(25)15-16(11-3-7-14(8-4-11)24(28)29)22-20(27)23(17(15)19(26)31-2)13-9-5-12(21)6-10-13/h3-10,16H,1-2H3,(H,22,27)/t16-/m1/s1. The third-order valence-corrected chi connectivity index (χ3v) is 5.07. The molecule has 1 N–H and O–H groups in total. The van der Waals surface area contributed by atoms with Gasteiger partial charge in [-0.3, -0.25) is 15.0 Å². The first-order valence-corrected chi connectivity index (χ1v) is 9.59. The maximum Gasteiger partial charge on any atom is 0.355 e. The van der Waals surface area contributed by atoms with E-state index < -0.39 is 28.9 Å². The molecule has 0 radical (unpaired) electrons. The fourth-order valence-electron chi connectivity index (χ4n) is 3.12. The van der Waals surface area contributed by atoms with Gasteiger partial charge >= 0.3 is 18.0 Å². The second-order valence-electron chi connectivity index (χ2n) is 6.29. The number of amides is 2. The molecule has 2 aromatic carbocycles. The number of ether oxygens (including phenoxy) is 2. The molecule has 10 nitrogen and oxygen atoms in total. The molecular weight excluding hydrogens is 474 g/mol. The molecule has 1 atom stereocenters. The number of carbonyl (C=O) groups excluding carboxylic acids is 3. The van der Waals surface area contributed by atoms with Crippen LogP contribution in [0.15, 0.2) is 64.3 Å². The number of benzene rings is 2. The lowest BCUT2D eigenvalue weighted by Gasteiger charge is -2.35. The Bertz CT molecular complexity index is 1080. The average Bonchev–Trinajstić information content (AvgIpc) is 2.78. The highest BCUT2D eigenvalue weighted by Gasteiger charge is 2.42. The number of carbonyl (C=O) groups is 3. The molecule has 1 heterocycles. The Kier molecular flexibility index (Phi) is 6.35. The van der Waals surface area contributed by atoms with Gasteiger partial charge in [0.05, 0.1) is 36.4 Å². The predicted octanol–water partition coefficient (Wildman–Crippen LogP) is 3.23. The molecule has 160 valence electrons. The van der Waals surface area contributed by atoms with Gasteiger partial charge in [0.15, 0.2) is 0 Å². The van der Waals surface area contributed by atoms with Crippen molar-refractivity contribution in [1.29, 1.82) is 0 Å². The molecule has 31 heavy (non-hydrogen) atoms. The molecule has 2 amide bonds. The number of rotatable bonds is 5. The lowest BCUT2D eigenvalue weighted by Crippen LogP contribution is -2.50. The monoisotopic (exact) mass is 489 g/mol. The lowest BCUT2D eigenvalue weighted by atomic mass is 9.94. The maximum absolute atomic E-state index is 13.0. The first kappa shape index (κ1) is 22.0. The molecule has 0 aromatic heterocycles. The minimum Gasteiger partial charge on any atom is -0.466 e. The zero-order chi connectivity index (χ0) is 22.7. The number of halogens is 1. The summed E-state index contributed by atoms with van der Waals surface area (Å²) in [5, 5.41) is 13.6. The summed E-state index contributed by atoms with van der Waals surface area (Å²) in [4.78, 5) is 49.8. The molecule has 1 aliphatic rings. The second kappa shape index (κ2) is 8.96. The second-order valence-corrected chi connectivity index (χ2v) is 7.20. The van der Waals surface area contributed by atoms with Gasteiger partial charge in [-0.1, -0.05) is 15.9 Å². The summed E-state index contributed by atoms with van der Waals surface area (Å²) in [6, 6.07) is 9.92. The zero-order valence-corrected chi connectivity index (χ0v) is 17.9. The van der Waals surface area contributed by atoms with Gasteiger partial charge in [-0.05, 0) is 42.0 Å². The molecule has 0 bridgehead atoms. The van der Waals surface area contributed by atoms with Gasteiger partial charge in [-0.2, -0.15) is 0 Å². The zero-order valence-electron chi connectivity index (χ0n) is 16.3. The molecule has 2 aromatic rings. The van der Waals surface area contributed by atoms with Crippen molar-refractivity contribution in [2.24, 2.45) is 0 Å². The van der Waals surface area contributed by atoms with Gasteiger partial charge in [0.25, 0.3) is 5.69 Å². The van der Waals surface area contributed by atoms with Gasteiger partial charge in [0, 0.05) is 16.6 Å². The summed E-state index contributed by atoms with van der Waals surface area (Å²) in [6.45, 7) is 0. The first-order valence-electron chi connectivity index (χ1n) is 8.79. The van der Waals surface area contributed by atoms with E-state index in [1.165, 1.54) is 24.3 Å². The summed E-state index contributed by atoms with van der Waals surface area (Å²) in [5.41, 5.74) is -0.00507. The minimum absolute atomic E-state index is 0.167. The van der Waals surface area contributed by atoms with Crippen LogP contribution in [0, 0.1) is 10.1 Å². The number of hydrogen-bond acceptors (Lipinski definition) is 7. The van der Waals surface area contributed by atoms with Crippen LogP contribution in [0.3, 0.4) is 0 Å². The van der Waals surface area contributed by atoms with Gasteiger partial charge in [-0.15, -0.1) is 0 Å². The van der Waals surface area contributed by atoms with Crippen LogP contribution in [0.2, 0.25) is 0 Å². The summed E-state index contributed by atoms with van der Waals surface area (Å²) in [6.07, 6.45) is 0. The lowest BCUT2D eigenvalue weighted by molar-refractivity contribution is -0.384. The third-order valence-electron chi connectivity index (χ3n) is 4.54. The van der Waals surface area contributed by atoms with E-state index in [1.54, 1.807) is 24.3 Å². The molecule has 1 aliphatic heterocycles. The van der Waals surface area contributed by atoms with E-state index in [2.05, 4.69) is 21.2 Å². The van der Waals surface area contributed by atoms with Crippen molar-refractivity contribution in [1.82, 2.24) is 5.32 Å². The molecule has 0 fully saturated rings. The molecule has 0 saturated carbocycles. The highest BCUT2D eigenvalue weighted by atomic mass is 79.9. The Morgan fingerprint density at radius 2 is 1.61 bits per heavy atom. The molecular formula is C20H16BrN3O7. The van der Waals surface area contributed by atoms with E-state index >= 15 is 0 Å². The Morgan fingerprint density at radius 1 is 1.03 bits per heavy atom. The minimum atomic E-state index is -1.10. The van der Waals surface area contributed by atoms with Gasteiger partial charge in [0.1, 0.15) is 5.70 Å². The quantitative estimate of drug-likeness (QED) is 0.387. The van der Waals surface area contributed by atoms with E-state index in [1.807, 2.05) is 0 Å². The molecule has 0 aliphatic carbocycles. The molecule has 0 unspecified atom stereocenters. The number of non-ortho nitro benzene ring substituents is 1. The number of nitro groups is 1. The number of nitrogens with zero attached hydrogens (tertiary/aromatic N) is 2. The Morgan fingerprint density at radius 3 is 2.13 bits per heavy atom. The van der Waals surface area contributed by atoms with Crippen LogP contribution in [-0.2, 0) is 19.1 Å². The number of urea groups is 1. The summed E-state index contributed by atoms with van der Waals surface area (Å²) in [5.74, 6) is -1.80. The van der Waals surface area contributed by atoms with Crippen molar-refractivity contribution in [2.75, 3.05) is 19.1 Å². The number of hydrogen-bond donors (Lipinski definition) is 1. The SMILES string of the molecule is COC(=O)C1=C(C(=O)OC)N(c2ccc(Br)cc2)C(=O)N[C@@H]1c1ccc([N+](=O)[O-])cc1. The van der Waals surface area contributed by atoms with Gasteiger partial charge in [0.2, 0.25) is 0 Å². The van der Waals surface area contributed by atoms with E-state index in [-0.39, 0.29) is 17.0 Å². The predicted molar refractivity (Wildman–Crippen MR) is 112 cm³/mol. The van der Waals surface area contributed by atoms with Crippen LogP contribution < -0.4 is 10.2 Å². The van der Waals surface area contributed by atoms with E-state index in [0.717, 1.165) is 23.6 Å². The summed E-state index contributed by atoms with van der Waals surface area (Å²) in [7, 11) is 2.26. The number of methoxy groups -OCH3 is 2. The third kappa shape index (κ3) is 4.26. The van der Waals surface area contributed by atoms with Crippen molar-refractivity contribution < 1.29 is 28.8 Å². The van der Waals surface area contributed by atoms with Crippen molar-refractivity contribution in [3.05, 3.63) is 80.0 Å². The van der Waals surface area contributed by atoms with Gasteiger partial charge in [-0.25, -0.2) is 14.4 Å². The highest BCUT2D eigenvalue weighted by Crippen LogP contribution is 2.35. The number of anilines is 1. The van der Waals surface area contributed by atoms with Crippen LogP contribution in [0.25, 0.3) is 0 Å². The first-order chi connectivity index (χ1) is 14.8. The molecule has 3 rings (SSSR count). The van der Waals surface area contributed by atoms with Crippen molar-refractivity contribution in [2.45, 2.75) is 6.04 Å². The largest absolute Gasteiger partial charge is 0.466 e. The van der Waals surface area contributed by atoms with E-state index in [9.17, 15) is 24.5 Å². The fraction of sp³-hybridized carbons (Fsp3) is 0.150. The van der Waals surface area contributed by atoms with Crippen LogP contribution in [0.5, 0.6) is 0 Å². The Hall–Kier alpha value is -3.73. The van der Waals surface area contributed by atoms with Crippen LogP contribution in [0.1, 0.15) is 11.6 Å². The molecule has 0 saturated heterocycles. The number of nitro benzene ring substituents is 1. The van der Waals surface area contributed by atoms with Crippen molar-refractivity contribution in [3.8, 4) is 0 Å². The number of esters is 2. The Labute approximate surface area is 184 Å². The number of nitrogens with one attached hydrogen (secondary N) is 1. The topological polar surface area (TPSA) is 128 Å². The normalized spacial score (nSPS) is 15.9. The van der Waals surface area contributed by atoms with Crippen molar-refractivity contribution in [3.63, 3.8) is 0 Å². The van der Waals surface area contributed by atoms with Gasteiger partial charge < -0.3 is 14.8 Å². The fourth-order valence-corrected chi connectivity index (χ4v) is 3.38. The van der Waals surface area contributed by atoms with Crippen LogP contribution >= 0.6 is 15.9 Å². The van der Waals surface area contributed by atoms with Crippen molar-refractivity contribution >= 4 is 45.3 Å². The average molecular weight is 490 g/mol. The van der Waals surface area contributed by atoms with Crippen LogP contribution in [0.4, 0.5) is 16.2 Å². The molecule has 11 heteroatoms. The maximum atomic E-state index is 13.0. The molecule has 0 spiro atoms. The highest BCUT2D eigenvalue weighted by molar-refractivity contribution is 9.10. The Balaban J connectivity index is 2.23. The smallest absolute Gasteiger partial charge is 0.355 e. The summed E-state index contributed by atoms with van der Waals surface area (Å²) >= 11 is 3.30.